The summed E-state index contributed by atoms with van der Waals surface area (Å²) >= 11 is 0. The van der Waals surface area contributed by atoms with Crippen LogP contribution in [0.5, 0.6) is 11.5 Å². The summed E-state index contributed by atoms with van der Waals surface area (Å²) in [7, 11) is 1.55. The normalized spacial score (nSPS) is 15.4. The third kappa shape index (κ3) is 2.97. The third-order valence-corrected chi connectivity index (χ3v) is 5.07. The highest BCUT2D eigenvalue weighted by molar-refractivity contribution is 5.99. The first-order chi connectivity index (χ1) is 14.1. The van der Waals surface area contributed by atoms with Gasteiger partial charge in [-0.25, -0.2) is 0 Å². The first-order valence-electron chi connectivity index (χ1n) is 9.39. The lowest BCUT2D eigenvalue weighted by molar-refractivity contribution is 0.0737. The Balaban J connectivity index is 1.91. The lowest BCUT2D eigenvalue weighted by Gasteiger charge is -2.24. The number of methoxy groups -OCH3 is 1. The minimum Gasteiger partial charge on any atom is -0.493 e. The molecule has 0 saturated carbocycles. The number of benzene rings is 2. The predicted molar refractivity (Wildman–Crippen MR) is 110 cm³/mol. The molecule has 0 unspecified atom stereocenters. The van der Waals surface area contributed by atoms with Crippen molar-refractivity contribution in [2.24, 2.45) is 0 Å². The van der Waals surface area contributed by atoms with Crippen LogP contribution in [0.1, 0.15) is 34.6 Å². The van der Waals surface area contributed by atoms with Gasteiger partial charge in [0.1, 0.15) is 12.2 Å². The molecule has 148 valence electrons. The number of ether oxygens (including phenoxy) is 2. The van der Waals surface area contributed by atoms with Crippen molar-refractivity contribution in [1.82, 2.24) is 4.90 Å². The Hall–Kier alpha value is -3.54. The molecule has 0 bridgehead atoms. The van der Waals surface area contributed by atoms with Crippen LogP contribution in [0, 0.1) is 0 Å². The maximum atomic E-state index is 13.3. The molecule has 0 aliphatic carbocycles. The van der Waals surface area contributed by atoms with E-state index in [1.807, 2.05) is 13.0 Å². The monoisotopic (exact) mass is 391 g/mol. The minimum atomic E-state index is -0.550. The van der Waals surface area contributed by atoms with Gasteiger partial charge in [0.2, 0.25) is 5.76 Å². The van der Waals surface area contributed by atoms with Gasteiger partial charge in [0.15, 0.2) is 16.9 Å². The molecule has 3 aromatic rings. The Morgan fingerprint density at radius 1 is 1.17 bits per heavy atom. The molecule has 1 amide bonds. The first kappa shape index (κ1) is 18.8. The number of hydrogen-bond donors (Lipinski definition) is 0. The predicted octanol–water partition coefficient (Wildman–Crippen LogP) is 3.93. The Morgan fingerprint density at radius 2 is 1.97 bits per heavy atom. The molecule has 4 rings (SSSR count). The van der Waals surface area contributed by atoms with E-state index < -0.39 is 6.04 Å². The zero-order chi connectivity index (χ0) is 20.5. The molecular weight excluding hydrogens is 370 g/mol. The molecule has 2 heterocycles. The van der Waals surface area contributed by atoms with Crippen LogP contribution in [0.4, 0.5) is 0 Å². The summed E-state index contributed by atoms with van der Waals surface area (Å²) in [6.45, 7) is 6.30. The SMILES string of the molecule is C=CCOc1ccc([C@@H]2c3c(oc4ccccc4c3=O)C(=O)N2CC)cc1OC. The third-order valence-electron chi connectivity index (χ3n) is 5.07. The molecule has 0 N–H and O–H groups in total. The van der Waals surface area contributed by atoms with Crippen molar-refractivity contribution >= 4 is 16.9 Å². The van der Waals surface area contributed by atoms with E-state index in [4.69, 9.17) is 13.9 Å². The number of carbonyl (C=O) groups excluding carboxylic acids is 1. The molecule has 1 aliphatic rings. The lowest BCUT2D eigenvalue weighted by Crippen LogP contribution is -2.29. The summed E-state index contributed by atoms with van der Waals surface area (Å²) < 4.78 is 16.9. The van der Waals surface area contributed by atoms with Crippen LogP contribution in [0.2, 0.25) is 0 Å². The number of rotatable bonds is 6. The Labute approximate surface area is 168 Å². The Kier molecular flexibility index (Phi) is 4.84. The number of nitrogens with zero attached hydrogens (tertiary/aromatic N) is 1. The molecular formula is C23H21NO5. The summed E-state index contributed by atoms with van der Waals surface area (Å²) in [6.07, 6.45) is 1.65. The van der Waals surface area contributed by atoms with Crippen molar-refractivity contribution in [1.29, 1.82) is 0 Å². The lowest BCUT2D eigenvalue weighted by atomic mass is 9.98. The van der Waals surface area contributed by atoms with Gasteiger partial charge in [-0.15, -0.1) is 0 Å². The molecule has 1 aromatic heterocycles. The molecule has 0 radical (unpaired) electrons. The number of amides is 1. The maximum Gasteiger partial charge on any atom is 0.290 e. The van der Waals surface area contributed by atoms with E-state index >= 15 is 0 Å². The van der Waals surface area contributed by atoms with Crippen LogP contribution in [-0.2, 0) is 0 Å². The summed E-state index contributed by atoms with van der Waals surface area (Å²) in [5, 5.41) is 0.458. The minimum absolute atomic E-state index is 0.103. The molecule has 29 heavy (non-hydrogen) atoms. The van der Waals surface area contributed by atoms with Crippen LogP contribution in [-0.4, -0.2) is 31.1 Å². The van der Waals surface area contributed by atoms with Crippen molar-refractivity contribution in [3.63, 3.8) is 0 Å². The molecule has 6 nitrogen and oxygen atoms in total. The average Bonchev–Trinajstić information content (AvgIpc) is 3.04. The van der Waals surface area contributed by atoms with Crippen molar-refractivity contribution in [3.05, 3.63) is 82.2 Å². The van der Waals surface area contributed by atoms with Crippen LogP contribution < -0.4 is 14.9 Å². The molecule has 1 aliphatic heterocycles. The number of hydrogen-bond acceptors (Lipinski definition) is 5. The van der Waals surface area contributed by atoms with Gasteiger partial charge in [0, 0.05) is 6.54 Å². The van der Waals surface area contributed by atoms with Crippen LogP contribution >= 0.6 is 0 Å². The highest BCUT2D eigenvalue weighted by Gasteiger charge is 2.42. The van der Waals surface area contributed by atoms with Crippen molar-refractivity contribution < 1.29 is 18.7 Å². The fourth-order valence-electron chi connectivity index (χ4n) is 3.76. The fourth-order valence-corrected chi connectivity index (χ4v) is 3.76. The van der Waals surface area contributed by atoms with Crippen molar-refractivity contribution in [2.75, 3.05) is 20.3 Å². The standard InChI is InChI=1S/C23H21NO5/c1-4-12-28-17-11-10-14(13-18(17)27-3)20-19-21(25)15-8-6-7-9-16(15)29-22(19)23(26)24(20)5-2/h4,6-11,13,20H,1,5,12H2,2-3H3/t20-/m1/s1. The Morgan fingerprint density at radius 3 is 2.69 bits per heavy atom. The van der Waals surface area contributed by atoms with Gasteiger partial charge in [0.25, 0.3) is 5.91 Å². The van der Waals surface area contributed by atoms with E-state index in [-0.39, 0.29) is 17.1 Å². The van der Waals surface area contributed by atoms with E-state index in [0.717, 1.165) is 5.56 Å². The zero-order valence-corrected chi connectivity index (χ0v) is 16.3. The second kappa shape index (κ2) is 7.47. The molecule has 0 saturated heterocycles. The first-order valence-corrected chi connectivity index (χ1v) is 9.39. The second-order valence-electron chi connectivity index (χ2n) is 6.67. The topological polar surface area (TPSA) is 69.0 Å². The summed E-state index contributed by atoms with van der Waals surface area (Å²) in [6, 6.07) is 11.8. The quantitative estimate of drug-likeness (QED) is 0.596. The van der Waals surface area contributed by atoms with E-state index in [0.29, 0.717) is 41.2 Å². The van der Waals surface area contributed by atoms with Gasteiger partial charge in [-0.2, -0.15) is 0 Å². The fraction of sp³-hybridized carbons (Fsp3) is 0.217. The van der Waals surface area contributed by atoms with E-state index in [1.54, 1.807) is 54.5 Å². The number of fused-ring (bicyclic) bond motifs is 2. The molecule has 0 fully saturated rings. The van der Waals surface area contributed by atoms with Crippen LogP contribution in [0.25, 0.3) is 11.0 Å². The largest absolute Gasteiger partial charge is 0.493 e. The van der Waals surface area contributed by atoms with Crippen molar-refractivity contribution in [2.45, 2.75) is 13.0 Å². The smallest absolute Gasteiger partial charge is 0.290 e. The average molecular weight is 391 g/mol. The van der Waals surface area contributed by atoms with Crippen LogP contribution in [0.15, 0.2) is 64.3 Å². The second-order valence-corrected chi connectivity index (χ2v) is 6.67. The van der Waals surface area contributed by atoms with Gasteiger partial charge < -0.3 is 18.8 Å². The highest BCUT2D eigenvalue weighted by Crippen LogP contribution is 2.40. The van der Waals surface area contributed by atoms with E-state index in [1.165, 1.54) is 0 Å². The van der Waals surface area contributed by atoms with Gasteiger partial charge in [-0.1, -0.05) is 30.9 Å². The maximum absolute atomic E-state index is 13.3. The van der Waals surface area contributed by atoms with Gasteiger partial charge in [0.05, 0.1) is 24.1 Å². The van der Waals surface area contributed by atoms with Crippen LogP contribution in [0.3, 0.4) is 0 Å². The molecule has 1 atom stereocenters. The number of para-hydroxylation sites is 1. The summed E-state index contributed by atoms with van der Waals surface area (Å²) in [5.74, 6) is 0.897. The van der Waals surface area contributed by atoms with Gasteiger partial charge >= 0.3 is 0 Å². The van der Waals surface area contributed by atoms with Gasteiger partial charge in [-0.05, 0) is 36.8 Å². The molecule has 6 heteroatoms. The summed E-state index contributed by atoms with van der Waals surface area (Å²) in [4.78, 5) is 27.9. The summed E-state index contributed by atoms with van der Waals surface area (Å²) in [5.41, 5.74) is 1.33. The van der Waals surface area contributed by atoms with Crippen molar-refractivity contribution in [3.8, 4) is 11.5 Å². The molecule has 2 aromatic carbocycles. The Bertz CT molecular complexity index is 1160. The highest BCUT2D eigenvalue weighted by atomic mass is 16.5. The van der Waals surface area contributed by atoms with E-state index in [2.05, 4.69) is 6.58 Å². The van der Waals surface area contributed by atoms with Gasteiger partial charge in [-0.3, -0.25) is 9.59 Å². The zero-order valence-electron chi connectivity index (χ0n) is 16.3. The molecule has 0 spiro atoms. The number of carbonyl (C=O) groups is 1. The van der Waals surface area contributed by atoms with E-state index in [9.17, 15) is 9.59 Å².